The van der Waals surface area contributed by atoms with Gasteiger partial charge in [0.2, 0.25) is 0 Å². The number of hydrogen-bond acceptors (Lipinski definition) is 2. The summed E-state index contributed by atoms with van der Waals surface area (Å²) >= 11 is 0. The van der Waals surface area contributed by atoms with Crippen molar-refractivity contribution in [2.24, 2.45) is 0 Å². The lowest BCUT2D eigenvalue weighted by molar-refractivity contribution is 0.0697. The average molecular weight is 255 g/mol. The van der Waals surface area contributed by atoms with Crippen LogP contribution in [0.25, 0.3) is 0 Å². The number of aromatic carboxylic acids is 1. The minimum atomic E-state index is -0.895. The van der Waals surface area contributed by atoms with Gasteiger partial charge in [-0.2, -0.15) is 0 Å². The maximum Gasteiger partial charge on any atom is 0.335 e. The van der Waals surface area contributed by atoms with Crippen molar-refractivity contribution in [3.63, 3.8) is 0 Å². The predicted molar refractivity (Wildman–Crippen MR) is 76.6 cm³/mol. The Morgan fingerprint density at radius 3 is 2.42 bits per heavy atom. The largest absolute Gasteiger partial charge is 0.478 e. The lowest BCUT2D eigenvalue weighted by Crippen LogP contribution is -2.02. The molecule has 2 N–H and O–H groups in total. The van der Waals surface area contributed by atoms with Crippen LogP contribution in [0.4, 0.5) is 5.69 Å². The molecule has 0 unspecified atom stereocenters. The van der Waals surface area contributed by atoms with Crippen LogP contribution in [0.5, 0.6) is 0 Å². The number of carboxylic acids is 1. The predicted octanol–water partition coefficient (Wildman–Crippen LogP) is 3.61. The zero-order valence-corrected chi connectivity index (χ0v) is 11.1. The van der Waals surface area contributed by atoms with Crippen LogP contribution >= 0.6 is 0 Å². The Kier molecular flexibility index (Phi) is 3.85. The highest BCUT2D eigenvalue weighted by molar-refractivity contribution is 5.87. The summed E-state index contributed by atoms with van der Waals surface area (Å²) in [4.78, 5) is 10.9. The first-order chi connectivity index (χ1) is 9.04. The number of anilines is 1. The topological polar surface area (TPSA) is 49.3 Å². The van der Waals surface area contributed by atoms with Gasteiger partial charge in [0.25, 0.3) is 0 Å². The van der Waals surface area contributed by atoms with Crippen molar-refractivity contribution >= 4 is 11.7 Å². The fraction of sp³-hybridized carbons (Fsp3) is 0.188. The summed E-state index contributed by atoms with van der Waals surface area (Å²) in [7, 11) is 0. The second-order valence-electron chi connectivity index (χ2n) is 4.74. The number of aryl methyl sites for hydroxylation is 2. The maximum atomic E-state index is 10.9. The molecular formula is C16H17NO2. The first-order valence-corrected chi connectivity index (χ1v) is 6.19. The Hall–Kier alpha value is -2.29. The molecule has 0 spiro atoms. The molecule has 0 aliphatic carbocycles. The van der Waals surface area contributed by atoms with Crippen LogP contribution in [0, 0.1) is 13.8 Å². The van der Waals surface area contributed by atoms with Gasteiger partial charge in [0.15, 0.2) is 0 Å². The van der Waals surface area contributed by atoms with Gasteiger partial charge in [-0.15, -0.1) is 0 Å². The summed E-state index contributed by atoms with van der Waals surface area (Å²) in [5, 5.41) is 12.3. The Morgan fingerprint density at radius 2 is 1.79 bits per heavy atom. The molecule has 0 aliphatic heterocycles. The lowest BCUT2D eigenvalue weighted by Gasteiger charge is -2.09. The summed E-state index contributed by atoms with van der Waals surface area (Å²) in [6, 6.07) is 13.3. The van der Waals surface area contributed by atoms with Crippen LogP contribution < -0.4 is 5.32 Å². The van der Waals surface area contributed by atoms with Crippen molar-refractivity contribution in [1.29, 1.82) is 0 Å². The van der Waals surface area contributed by atoms with Crippen LogP contribution in [0.2, 0.25) is 0 Å². The zero-order chi connectivity index (χ0) is 13.8. The van der Waals surface area contributed by atoms with E-state index in [2.05, 4.69) is 37.4 Å². The van der Waals surface area contributed by atoms with Crippen molar-refractivity contribution in [2.75, 3.05) is 5.32 Å². The van der Waals surface area contributed by atoms with Crippen LogP contribution in [-0.4, -0.2) is 11.1 Å². The van der Waals surface area contributed by atoms with E-state index in [9.17, 15) is 4.79 Å². The van der Waals surface area contributed by atoms with Gasteiger partial charge in [0.05, 0.1) is 5.56 Å². The molecule has 0 bridgehead atoms. The number of nitrogens with one attached hydrogen (secondary N) is 1. The number of carbonyl (C=O) groups is 1. The molecule has 98 valence electrons. The number of carboxylic acid groups (broad SMARTS) is 1. The van der Waals surface area contributed by atoms with Crippen molar-refractivity contribution < 1.29 is 9.90 Å². The second-order valence-corrected chi connectivity index (χ2v) is 4.74. The third-order valence-corrected chi connectivity index (χ3v) is 2.89. The van der Waals surface area contributed by atoms with E-state index in [0.29, 0.717) is 12.1 Å². The van der Waals surface area contributed by atoms with Gasteiger partial charge in [-0.3, -0.25) is 0 Å². The average Bonchev–Trinajstić information content (AvgIpc) is 2.35. The van der Waals surface area contributed by atoms with Gasteiger partial charge in [-0.05, 0) is 54.8 Å². The Labute approximate surface area is 112 Å². The molecule has 2 rings (SSSR count). The van der Waals surface area contributed by atoms with E-state index in [0.717, 1.165) is 11.3 Å². The Balaban J connectivity index is 2.10. The normalized spacial score (nSPS) is 10.2. The molecule has 3 heteroatoms. The lowest BCUT2D eigenvalue weighted by atomic mass is 10.1. The molecule has 0 saturated carbocycles. The van der Waals surface area contributed by atoms with Gasteiger partial charge < -0.3 is 10.4 Å². The first-order valence-electron chi connectivity index (χ1n) is 6.19. The molecule has 0 fully saturated rings. The van der Waals surface area contributed by atoms with Crippen molar-refractivity contribution in [3.8, 4) is 0 Å². The van der Waals surface area contributed by atoms with E-state index in [1.807, 2.05) is 6.07 Å². The van der Waals surface area contributed by atoms with E-state index in [4.69, 9.17) is 5.11 Å². The zero-order valence-electron chi connectivity index (χ0n) is 11.1. The standard InChI is InChI=1S/C16H17NO2/c1-11-6-12(2)8-15(7-11)17-10-13-4-3-5-14(9-13)16(18)19/h3-9,17H,10H2,1-2H3,(H,18,19). The molecule has 0 saturated heterocycles. The summed E-state index contributed by atoms with van der Waals surface area (Å²) in [5.74, 6) is -0.895. The summed E-state index contributed by atoms with van der Waals surface area (Å²) in [5.41, 5.74) is 4.75. The third-order valence-electron chi connectivity index (χ3n) is 2.89. The first kappa shape index (κ1) is 13.1. The van der Waals surface area contributed by atoms with Crippen molar-refractivity contribution in [1.82, 2.24) is 0 Å². The molecule has 0 aliphatic rings. The fourth-order valence-electron chi connectivity index (χ4n) is 2.10. The smallest absolute Gasteiger partial charge is 0.335 e. The van der Waals surface area contributed by atoms with Crippen LogP contribution in [0.3, 0.4) is 0 Å². The summed E-state index contributed by atoms with van der Waals surface area (Å²) in [6.45, 7) is 4.73. The minimum absolute atomic E-state index is 0.319. The minimum Gasteiger partial charge on any atom is -0.478 e. The second kappa shape index (κ2) is 5.57. The van der Waals surface area contributed by atoms with Gasteiger partial charge in [-0.1, -0.05) is 18.2 Å². The van der Waals surface area contributed by atoms with E-state index in [1.165, 1.54) is 11.1 Å². The van der Waals surface area contributed by atoms with Crippen LogP contribution in [-0.2, 0) is 6.54 Å². The van der Waals surface area contributed by atoms with E-state index in [-0.39, 0.29) is 0 Å². The SMILES string of the molecule is Cc1cc(C)cc(NCc2cccc(C(=O)O)c2)c1. The van der Waals surface area contributed by atoms with Crippen LogP contribution in [0.15, 0.2) is 42.5 Å². The molecular weight excluding hydrogens is 238 g/mol. The Bertz CT molecular complexity index is 585. The van der Waals surface area contributed by atoms with Gasteiger partial charge in [-0.25, -0.2) is 4.79 Å². The maximum absolute atomic E-state index is 10.9. The van der Waals surface area contributed by atoms with E-state index >= 15 is 0 Å². The highest BCUT2D eigenvalue weighted by atomic mass is 16.4. The number of benzene rings is 2. The third kappa shape index (κ3) is 3.58. The molecule has 0 atom stereocenters. The number of rotatable bonds is 4. The molecule has 0 aromatic heterocycles. The number of hydrogen-bond donors (Lipinski definition) is 2. The van der Waals surface area contributed by atoms with Crippen molar-refractivity contribution in [3.05, 3.63) is 64.7 Å². The van der Waals surface area contributed by atoms with Crippen molar-refractivity contribution in [2.45, 2.75) is 20.4 Å². The summed E-state index contributed by atoms with van der Waals surface area (Å²) in [6.07, 6.45) is 0. The Morgan fingerprint density at radius 1 is 1.11 bits per heavy atom. The fourth-order valence-corrected chi connectivity index (χ4v) is 2.10. The van der Waals surface area contributed by atoms with Gasteiger partial charge in [0, 0.05) is 12.2 Å². The molecule has 0 heterocycles. The summed E-state index contributed by atoms with van der Waals surface area (Å²) < 4.78 is 0. The highest BCUT2D eigenvalue weighted by Gasteiger charge is 2.03. The molecule has 0 amide bonds. The van der Waals surface area contributed by atoms with E-state index in [1.54, 1.807) is 18.2 Å². The molecule has 0 radical (unpaired) electrons. The monoisotopic (exact) mass is 255 g/mol. The van der Waals surface area contributed by atoms with Gasteiger partial charge >= 0.3 is 5.97 Å². The molecule has 3 nitrogen and oxygen atoms in total. The molecule has 2 aromatic carbocycles. The molecule has 2 aromatic rings. The van der Waals surface area contributed by atoms with Crippen LogP contribution in [0.1, 0.15) is 27.0 Å². The molecule has 19 heavy (non-hydrogen) atoms. The van der Waals surface area contributed by atoms with E-state index < -0.39 is 5.97 Å². The quantitative estimate of drug-likeness (QED) is 0.877. The highest BCUT2D eigenvalue weighted by Crippen LogP contribution is 2.15. The van der Waals surface area contributed by atoms with Gasteiger partial charge in [0.1, 0.15) is 0 Å².